The van der Waals surface area contributed by atoms with Crippen molar-refractivity contribution in [1.29, 1.82) is 0 Å². The monoisotopic (exact) mass is 193 g/mol. The first-order valence-corrected chi connectivity index (χ1v) is 5.58. The number of imidazole rings is 1. The first-order chi connectivity index (χ1) is 6.81. The molecule has 2 rings (SSSR count). The normalized spacial score (nSPS) is 27.0. The molecule has 0 amide bonds. The van der Waals surface area contributed by atoms with E-state index in [1.807, 2.05) is 6.20 Å². The Bertz CT molecular complexity index is 292. The van der Waals surface area contributed by atoms with Crippen LogP contribution in [0.15, 0.2) is 12.4 Å². The van der Waals surface area contributed by atoms with Crippen molar-refractivity contribution in [2.75, 3.05) is 0 Å². The van der Waals surface area contributed by atoms with E-state index in [0.717, 1.165) is 19.4 Å². The van der Waals surface area contributed by atoms with E-state index in [4.69, 9.17) is 5.73 Å². The molecule has 1 aliphatic carbocycles. The molecule has 1 fully saturated rings. The molecule has 2 atom stereocenters. The van der Waals surface area contributed by atoms with Gasteiger partial charge in [-0.25, -0.2) is 4.98 Å². The second kappa shape index (κ2) is 4.13. The number of aromatic nitrogens is 2. The largest absolute Gasteiger partial charge is 0.335 e. The van der Waals surface area contributed by atoms with E-state index in [2.05, 4.69) is 22.7 Å². The molecule has 2 N–H and O–H groups in total. The summed E-state index contributed by atoms with van der Waals surface area (Å²) in [6, 6.07) is 0.395. The zero-order valence-corrected chi connectivity index (χ0v) is 8.82. The third-order valence-corrected chi connectivity index (χ3v) is 3.05. The lowest BCUT2D eigenvalue weighted by Crippen LogP contribution is -2.15. The SMILES string of the molecule is CCCn1ccnc1C1CCC(N)C1. The number of nitrogens with two attached hydrogens (primary N) is 1. The van der Waals surface area contributed by atoms with Crippen molar-refractivity contribution in [3.63, 3.8) is 0 Å². The van der Waals surface area contributed by atoms with E-state index in [1.165, 1.54) is 18.7 Å². The number of rotatable bonds is 3. The maximum atomic E-state index is 5.92. The van der Waals surface area contributed by atoms with E-state index in [-0.39, 0.29) is 0 Å². The smallest absolute Gasteiger partial charge is 0.111 e. The second-order valence-corrected chi connectivity index (χ2v) is 4.25. The first-order valence-electron chi connectivity index (χ1n) is 5.58. The van der Waals surface area contributed by atoms with Crippen LogP contribution in [0.1, 0.15) is 44.3 Å². The Kier molecular flexibility index (Phi) is 2.87. The average molecular weight is 193 g/mol. The van der Waals surface area contributed by atoms with Crippen LogP contribution in [-0.2, 0) is 6.54 Å². The summed E-state index contributed by atoms with van der Waals surface area (Å²) < 4.78 is 2.28. The van der Waals surface area contributed by atoms with Crippen LogP contribution < -0.4 is 5.73 Å². The minimum atomic E-state index is 0.395. The first kappa shape index (κ1) is 9.71. The van der Waals surface area contributed by atoms with Crippen molar-refractivity contribution in [1.82, 2.24) is 9.55 Å². The Morgan fingerprint density at radius 3 is 3.07 bits per heavy atom. The molecule has 1 aromatic rings. The van der Waals surface area contributed by atoms with Crippen molar-refractivity contribution in [2.24, 2.45) is 5.73 Å². The van der Waals surface area contributed by atoms with Gasteiger partial charge in [0.05, 0.1) is 0 Å². The van der Waals surface area contributed by atoms with Crippen molar-refractivity contribution in [3.8, 4) is 0 Å². The van der Waals surface area contributed by atoms with Gasteiger partial charge < -0.3 is 10.3 Å². The van der Waals surface area contributed by atoms with Crippen molar-refractivity contribution < 1.29 is 0 Å². The summed E-state index contributed by atoms with van der Waals surface area (Å²) >= 11 is 0. The Balaban J connectivity index is 2.11. The van der Waals surface area contributed by atoms with Crippen LogP contribution >= 0.6 is 0 Å². The topological polar surface area (TPSA) is 43.8 Å². The third kappa shape index (κ3) is 1.82. The summed E-state index contributed by atoms with van der Waals surface area (Å²) in [4.78, 5) is 4.46. The molecule has 1 saturated carbocycles. The predicted molar refractivity (Wildman–Crippen MR) is 57.1 cm³/mol. The zero-order valence-electron chi connectivity index (χ0n) is 8.82. The Labute approximate surface area is 85.3 Å². The highest BCUT2D eigenvalue weighted by Gasteiger charge is 2.26. The summed E-state index contributed by atoms with van der Waals surface area (Å²) in [6.45, 7) is 3.28. The molecule has 78 valence electrons. The van der Waals surface area contributed by atoms with Crippen LogP contribution in [0.5, 0.6) is 0 Å². The number of hydrogen-bond donors (Lipinski definition) is 1. The van der Waals surface area contributed by atoms with Crippen LogP contribution in [0.2, 0.25) is 0 Å². The Morgan fingerprint density at radius 2 is 2.43 bits per heavy atom. The quantitative estimate of drug-likeness (QED) is 0.796. The molecule has 3 nitrogen and oxygen atoms in total. The van der Waals surface area contributed by atoms with Gasteiger partial charge in [-0.05, 0) is 25.7 Å². The van der Waals surface area contributed by atoms with E-state index in [0.29, 0.717) is 12.0 Å². The fraction of sp³-hybridized carbons (Fsp3) is 0.727. The molecular weight excluding hydrogens is 174 g/mol. The zero-order chi connectivity index (χ0) is 9.97. The lowest BCUT2D eigenvalue weighted by Gasteiger charge is -2.11. The number of hydrogen-bond acceptors (Lipinski definition) is 2. The van der Waals surface area contributed by atoms with Gasteiger partial charge in [0.25, 0.3) is 0 Å². The molecule has 1 aromatic heterocycles. The van der Waals surface area contributed by atoms with Crippen LogP contribution in [-0.4, -0.2) is 15.6 Å². The lowest BCUT2D eigenvalue weighted by molar-refractivity contribution is 0.568. The summed E-state index contributed by atoms with van der Waals surface area (Å²) in [5.41, 5.74) is 5.92. The van der Waals surface area contributed by atoms with Crippen LogP contribution in [0.4, 0.5) is 0 Å². The molecule has 14 heavy (non-hydrogen) atoms. The van der Waals surface area contributed by atoms with Crippen LogP contribution in [0.25, 0.3) is 0 Å². The van der Waals surface area contributed by atoms with E-state index in [1.54, 1.807) is 0 Å². The van der Waals surface area contributed by atoms with Gasteiger partial charge in [0.1, 0.15) is 5.82 Å². The fourth-order valence-corrected chi connectivity index (χ4v) is 2.36. The van der Waals surface area contributed by atoms with E-state index in [9.17, 15) is 0 Å². The van der Waals surface area contributed by atoms with Crippen LogP contribution in [0, 0.1) is 0 Å². The molecule has 0 spiro atoms. The van der Waals surface area contributed by atoms with Gasteiger partial charge in [-0.15, -0.1) is 0 Å². The average Bonchev–Trinajstić information content (AvgIpc) is 2.74. The molecule has 1 heterocycles. The summed E-state index contributed by atoms with van der Waals surface area (Å²) in [6.07, 6.45) is 8.64. The molecule has 0 aliphatic heterocycles. The summed E-state index contributed by atoms with van der Waals surface area (Å²) in [5.74, 6) is 1.85. The predicted octanol–water partition coefficient (Wildman–Crippen LogP) is 1.89. The maximum absolute atomic E-state index is 5.92. The Morgan fingerprint density at radius 1 is 1.57 bits per heavy atom. The van der Waals surface area contributed by atoms with Crippen molar-refractivity contribution >= 4 is 0 Å². The molecule has 0 aromatic carbocycles. The van der Waals surface area contributed by atoms with Crippen molar-refractivity contribution in [2.45, 2.75) is 51.1 Å². The number of nitrogens with zero attached hydrogens (tertiary/aromatic N) is 2. The molecule has 3 heteroatoms. The van der Waals surface area contributed by atoms with Gasteiger partial charge in [-0.2, -0.15) is 0 Å². The van der Waals surface area contributed by atoms with Gasteiger partial charge in [0, 0.05) is 30.9 Å². The van der Waals surface area contributed by atoms with Gasteiger partial charge in [-0.1, -0.05) is 6.92 Å². The summed E-state index contributed by atoms with van der Waals surface area (Å²) in [5, 5.41) is 0. The number of aryl methyl sites for hydroxylation is 1. The molecule has 2 unspecified atom stereocenters. The molecule has 1 aliphatic rings. The molecular formula is C11H19N3. The fourth-order valence-electron chi connectivity index (χ4n) is 2.36. The minimum Gasteiger partial charge on any atom is -0.335 e. The molecule has 0 saturated heterocycles. The van der Waals surface area contributed by atoms with Crippen molar-refractivity contribution in [3.05, 3.63) is 18.2 Å². The molecule has 0 bridgehead atoms. The van der Waals surface area contributed by atoms with E-state index < -0.39 is 0 Å². The van der Waals surface area contributed by atoms with Gasteiger partial charge in [-0.3, -0.25) is 0 Å². The standard InChI is InChI=1S/C11H19N3/c1-2-6-14-7-5-13-11(14)9-3-4-10(12)8-9/h5,7,9-10H,2-4,6,8,12H2,1H3. The highest BCUT2D eigenvalue weighted by atomic mass is 15.1. The second-order valence-electron chi connectivity index (χ2n) is 4.25. The van der Waals surface area contributed by atoms with Gasteiger partial charge >= 0.3 is 0 Å². The highest BCUT2D eigenvalue weighted by molar-refractivity contribution is 5.04. The Hall–Kier alpha value is -0.830. The summed E-state index contributed by atoms with van der Waals surface area (Å²) in [7, 11) is 0. The lowest BCUT2D eigenvalue weighted by atomic mass is 10.1. The third-order valence-electron chi connectivity index (χ3n) is 3.05. The maximum Gasteiger partial charge on any atom is 0.111 e. The van der Waals surface area contributed by atoms with Gasteiger partial charge in [0.15, 0.2) is 0 Å². The van der Waals surface area contributed by atoms with Gasteiger partial charge in [0.2, 0.25) is 0 Å². The van der Waals surface area contributed by atoms with Crippen LogP contribution in [0.3, 0.4) is 0 Å². The van der Waals surface area contributed by atoms with E-state index >= 15 is 0 Å². The molecule has 0 radical (unpaired) electrons. The highest BCUT2D eigenvalue weighted by Crippen LogP contribution is 2.32. The minimum absolute atomic E-state index is 0.395.